The van der Waals surface area contributed by atoms with Gasteiger partial charge in [-0.2, -0.15) is 0 Å². The number of hydrogen-bond acceptors (Lipinski definition) is 2. The Morgan fingerprint density at radius 2 is 1.89 bits per heavy atom. The van der Waals surface area contributed by atoms with Crippen molar-refractivity contribution >= 4 is 17.7 Å². The van der Waals surface area contributed by atoms with Crippen molar-refractivity contribution in [1.82, 2.24) is 4.90 Å². The van der Waals surface area contributed by atoms with Crippen LogP contribution in [0.3, 0.4) is 0 Å². The van der Waals surface area contributed by atoms with Gasteiger partial charge in [-0.1, -0.05) is 19.1 Å². The largest absolute Gasteiger partial charge is 0.480 e. The number of hydrogen-bond donors (Lipinski definition) is 2. The van der Waals surface area contributed by atoms with Crippen molar-refractivity contribution in [3.8, 4) is 0 Å². The molecule has 1 aromatic rings. The lowest BCUT2D eigenvalue weighted by Gasteiger charge is -2.21. The quantitative estimate of drug-likeness (QED) is 0.860. The van der Waals surface area contributed by atoms with Crippen molar-refractivity contribution in [2.24, 2.45) is 0 Å². The maximum absolute atomic E-state index is 11.8. The molecule has 0 aliphatic rings. The second-order valence-electron chi connectivity index (χ2n) is 4.11. The molecule has 1 aromatic carbocycles. The molecule has 0 radical (unpaired) electrons. The molecule has 98 valence electrons. The third kappa shape index (κ3) is 3.48. The molecule has 0 aliphatic carbocycles. The van der Waals surface area contributed by atoms with Crippen molar-refractivity contribution in [2.75, 3.05) is 12.4 Å². The van der Waals surface area contributed by atoms with Crippen LogP contribution in [0.5, 0.6) is 0 Å². The third-order valence-electron chi connectivity index (χ3n) is 2.87. The van der Waals surface area contributed by atoms with E-state index in [-0.39, 0.29) is 0 Å². The predicted molar refractivity (Wildman–Crippen MR) is 69.7 cm³/mol. The summed E-state index contributed by atoms with van der Waals surface area (Å²) in [6.07, 6.45) is 0.935. The number of rotatable bonds is 4. The molecule has 0 aromatic heterocycles. The highest BCUT2D eigenvalue weighted by Crippen LogP contribution is 2.11. The molecule has 18 heavy (non-hydrogen) atoms. The molecule has 0 aliphatic heterocycles. The Hall–Kier alpha value is -2.04. The predicted octanol–water partition coefficient (Wildman–Crippen LogP) is 2.19. The lowest BCUT2D eigenvalue weighted by atomic mass is 10.1. The molecular weight excluding hydrogens is 232 g/mol. The molecule has 5 nitrogen and oxygen atoms in total. The van der Waals surface area contributed by atoms with E-state index in [2.05, 4.69) is 12.2 Å². The molecule has 0 saturated carbocycles. The van der Waals surface area contributed by atoms with Crippen molar-refractivity contribution in [1.29, 1.82) is 0 Å². The molecule has 1 atom stereocenters. The van der Waals surface area contributed by atoms with Crippen LogP contribution in [0, 0.1) is 0 Å². The van der Waals surface area contributed by atoms with E-state index in [1.165, 1.54) is 19.5 Å². The van der Waals surface area contributed by atoms with E-state index >= 15 is 0 Å². The maximum atomic E-state index is 11.8. The normalized spacial score (nSPS) is 11.7. The SMILES string of the molecule is CCc1ccc(NC(=O)N(C)C(C)C(=O)O)cc1. The van der Waals surface area contributed by atoms with E-state index in [1.807, 2.05) is 12.1 Å². The summed E-state index contributed by atoms with van der Waals surface area (Å²) in [5, 5.41) is 11.5. The summed E-state index contributed by atoms with van der Waals surface area (Å²) in [6.45, 7) is 3.51. The summed E-state index contributed by atoms with van der Waals surface area (Å²) < 4.78 is 0. The zero-order valence-corrected chi connectivity index (χ0v) is 10.8. The lowest BCUT2D eigenvalue weighted by molar-refractivity contribution is -0.141. The molecule has 2 N–H and O–H groups in total. The number of carboxylic acids is 1. The number of anilines is 1. The van der Waals surface area contributed by atoms with E-state index < -0.39 is 18.0 Å². The van der Waals surface area contributed by atoms with Crippen molar-refractivity contribution in [3.05, 3.63) is 29.8 Å². The van der Waals surface area contributed by atoms with Crippen LogP contribution in [0.1, 0.15) is 19.4 Å². The summed E-state index contributed by atoms with van der Waals surface area (Å²) in [6, 6.07) is 6.16. The van der Waals surface area contributed by atoms with Gasteiger partial charge in [-0.15, -0.1) is 0 Å². The lowest BCUT2D eigenvalue weighted by Crippen LogP contribution is -2.42. The van der Waals surface area contributed by atoms with Gasteiger partial charge in [0.2, 0.25) is 0 Å². The van der Waals surface area contributed by atoms with Gasteiger partial charge in [-0.3, -0.25) is 0 Å². The zero-order chi connectivity index (χ0) is 13.7. The summed E-state index contributed by atoms with van der Waals surface area (Å²) in [5.74, 6) is -1.03. The fourth-order valence-corrected chi connectivity index (χ4v) is 1.38. The number of benzene rings is 1. The van der Waals surface area contributed by atoms with Crippen LogP contribution < -0.4 is 5.32 Å². The number of carbonyl (C=O) groups excluding carboxylic acids is 1. The number of urea groups is 1. The Morgan fingerprint density at radius 1 is 1.33 bits per heavy atom. The molecule has 0 spiro atoms. The first-order valence-corrected chi connectivity index (χ1v) is 5.81. The first-order valence-electron chi connectivity index (χ1n) is 5.81. The van der Waals surface area contributed by atoms with E-state index in [1.54, 1.807) is 12.1 Å². The fourth-order valence-electron chi connectivity index (χ4n) is 1.38. The fraction of sp³-hybridized carbons (Fsp3) is 0.385. The third-order valence-corrected chi connectivity index (χ3v) is 2.87. The molecule has 2 amide bonds. The van der Waals surface area contributed by atoms with Gasteiger partial charge >= 0.3 is 12.0 Å². The van der Waals surface area contributed by atoms with Gasteiger partial charge in [0.25, 0.3) is 0 Å². The Kier molecular flexibility index (Phi) is 4.71. The Balaban J connectivity index is 2.66. The second kappa shape index (κ2) is 6.05. The summed E-state index contributed by atoms with van der Waals surface area (Å²) in [5.41, 5.74) is 1.84. The number of aryl methyl sites for hydroxylation is 1. The van der Waals surface area contributed by atoms with Crippen LogP contribution in [0.15, 0.2) is 24.3 Å². The van der Waals surface area contributed by atoms with E-state index in [0.717, 1.165) is 11.3 Å². The minimum absolute atomic E-state index is 0.436. The molecule has 0 saturated heterocycles. The van der Waals surface area contributed by atoms with E-state index in [4.69, 9.17) is 5.11 Å². The minimum Gasteiger partial charge on any atom is -0.480 e. The molecule has 0 bridgehead atoms. The van der Waals surface area contributed by atoms with E-state index in [9.17, 15) is 9.59 Å². The highest BCUT2D eigenvalue weighted by molar-refractivity contribution is 5.91. The standard InChI is InChI=1S/C13H18N2O3/c1-4-10-5-7-11(8-6-10)14-13(18)15(3)9(2)12(16)17/h5-9H,4H2,1-3H3,(H,14,18)(H,16,17). The van der Waals surface area contributed by atoms with Crippen molar-refractivity contribution in [2.45, 2.75) is 26.3 Å². The number of nitrogens with one attached hydrogen (secondary N) is 1. The number of carbonyl (C=O) groups is 2. The van der Waals surface area contributed by atoms with Gasteiger partial charge < -0.3 is 15.3 Å². The van der Waals surface area contributed by atoms with Gasteiger partial charge in [0, 0.05) is 12.7 Å². The topological polar surface area (TPSA) is 69.6 Å². The van der Waals surface area contributed by atoms with Crippen LogP contribution in [0.25, 0.3) is 0 Å². The first-order chi connectivity index (χ1) is 8.45. The number of amides is 2. The van der Waals surface area contributed by atoms with Gasteiger partial charge in [-0.05, 0) is 31.0 Å². The average Bonchev–Trinajstić information content (AvgIpc) is 2.37. The van der Waals surface area contributed by atoms with Gasteiger partial charge in [0.1, 0.15) is 6.04 Å². The number of nitrogens with zero attached hydrogens (tertiary/aromatic N) is 1. The van der Waals surface area contributed by atoms with Crippen LogP contribution in [0.2, 0.25) is 0 Å². The molecule has 0 heterocycles. The van der Waals surface area contributed by atoms with Crippen LogP contribution >= 0.6 is 0 Å². The molecule has 0 fully saturated rings. The Morgan fingerprint density at radius 3 is 2.33 bits per heavy atom. The van der Waals surface area contributed by atoms with Gasteiger partial charge in [0.15, 0.2) is 0 Å². The van der Waals surface area contributed by atoms with E-state index in [0.29, 0.717) is 5.69 Å². The molecular formula is C13H18N2O3. The van der Waals surface area contributed by atoms with Crippen LogP contribution in [-0.4, -0.2) is 35.1 Å². The van der Waals surface area contributed by atoms with Gasteiger partial charge in [0.05, 0.1) is 0 Å². The molecule has 5 heteroatoms. The highest BCUT2D eigenvalue weighted by atomic mass is 16.4. The number of likely N-dealkylation sites (N-methyl/N-ethyl adjacent to an activating group) is 1. The minimum atomic E-state index is -1.03. The summed E-state index contributed by atoms with van der Waals surface area (Å²) in [4.78, 5) is 23.7. The van der Waals surface area contributed by atoms with Crippen molar-refractivity contribution < 1.29 is 14.7 Å². The second-order valence-corrected chi connectivity index (χ2v) is 4.11. The highest BCUT2D eigenvalue weighted by Gasteiger charge is 2.21. The molecule has 1 rings (SSSR count). The number of aliphatic carboxylic acids is 1. The average molecular weight is 250 g/mol. The van der Waals surface area contributed by atoms with Gasteiger partial charge in [-0.25, -0.2) is 9.59 Å². The Labute approximate surface area is 106 Å². The number of carboxylic acid groups (broad SMARTS) is 1. The van der Waals surface area contributed by atoms with Crippen LogP contribution in [0.4, 0.5) is 10.5 Å². The molecule has 1 unspecified atom stereocenters. The maximum Gasteiger partial charge on any atom is 0.326 e. The zero-order valence-electron chi connectivity index (χ0n) is 10.8. The first kappa shape index (κ1) is 14.0. The van der Waals surface area contributed by atoms with Crippen molar-refractivity contribution in [3.63, 3.8) is 0 Å². The Bertz CT molecular complexity index is 428. The smallest absolute Gasteiger partial charge is 0.326 e. The van der Waals surface area contributed by atoms with Crippen LogP contribution in [-0.2, 0) is 11.2 Å². The summed E-state index contributed by atoms with van der Waals surface area (Å²) in [7, 11) is 1.45. The monoisotopic (exact) mass is 250 g/mol. The summed E-state index contributed by atoms with van der Waals surface area (Å²) >= 11 is 0.